The van der Waals surface area contributed by atoms with Crippen LogP contribution in [0.1, 0.15) is 16.3 Å². The zero-order valence-electron chi connectivity index (χ0n) is 18.8. The molecule has 0 aliphatic carbocycles. The number of methoxy groups -OCH3 is 1. The van der Waals surface area contributed by atoms with Gasteiger partial charge < -0.3 is 19.2 Å². The molecule has 0 spiro atoms. The maximum absolute atomic E-state index is 12.7. The first-order valence-corrected chi connectivity index (χ1v) is 12.7. The van der Waals surface area contributed by atoms with Crippen LogP contribution in [0.4, 0.5) is 11.4 Å². The zero-order chi connectivity index (χ0) is 25.7. The summed E-state index contributed by atoms with van der Waals surface area (Å²) in [6, 6.07) is 20.3. The molecule has 0 unspecified atom stereocenters. The van der Waals surface area contributed by atoms with Crippen LogP contribution >= 0.6 is 23.2 Å². The molecule has 8 nitrogen and oxygen atoms in total. The summed E-state index contributed by atoms with van der Waals surface area (Å²) >= 11 is 12.0. The summed E-state index contributed by atoms with van der Waals surface area (Å²) in [5.41, 5.74) is 0.698. The molecule has 186 valence electrons. The second kappa shape index (κ2) is 10.9. The first-order valence-electron chi connectivity index (χ1n) is 10.5. The molecule has 3 aromatic carbocycles. The van der Waals surface area contributed by atoms with E-state index < -0.39 is 15.9 Å². The van der Waals surface area contributed by atoms with Crippen molar-refractivity contribution in [3.8, 4) is 11.5 Å². The minimum atomic E-state index is -3.87. The van der Waals surface area contributed by atoms with Gasteiger partial charge in [-0.05, 0) is 60.7 Å². The highest BCUT2D eigenvalue weighted by atomic mass is 35.5. The van der Waals surface area contributed by atoms with E-state index >= 15 is 0 Å². The smallest absolute Gasteiger partial charge is 0.291 e. The summed E-state index contributed by atoms with van der Waals surface area (Å²) in [7, 11) is -2.41. The molecule has 0 aliphatic heterocycles. The van der Waals surface area contributed by atoms with E-state index in [1.165, 1.54) is 37.4 Å². The third-order valence-electron chi connectivity index (χ3n) is 4.92. The molecule has 0 saturated heterocycles. The van der Waals surface area contributed by atoms with E-state index in [1.807, 2.05) is 0 Å². The number of para-hydroxylation sites is 2. The summed E-state index contributed by atoms with van der Waals surface area (Å²) in [6.45, 7) is 0.0408. The van der Waals surface area contributed by atoms with Crippen LogP contribution in [0.15, 0.2) is 88.2 Å². The van der Waals surface area contributed by atoms with Gasteiger partial charge in [0.15, 0.2) is 5.76 Å². The van der Waals surface area contributed by atoms with E-state index in [0.29, 0.717) is 38.7 Å². The first-order chi connectivity index (χ1) is 17.2. The van der Waals surface area contributed by atoms with Crippen LogP contribution in [-0.2, 0) is 16.6 Å². The molecule has 11 heteroatoms. The number of sulfonamides is 1. The van der Waals surface area contributed by atoms with E-state index in [0.717, 1.165) is 0 Å². The number of carbonyl (C=O) groups excluding carboxylic acids is 1. The highest BCUT2D eigenvalue weighted by molar-refractivity contribution is 7.92. The van der Waals surface area contributed by atoms with Crippen LogP contribution in [0, 0.1) is 0 Å². The summed E-state index contributed by atoms with van der Waals surface area (Å²) in [4.78, 5) is 12.6. The number of hydrogen-bond donors (Lipinski definition) is 2. The summed E-state index contributed by atoms with van der Waals surface area (Å²) in [5, 5.41) is 3.53. The van der Waals surface area contributed by atoms with E-state index in [-0.39, 0.29) is 17.3 Å². The van der Waals surface area contributed by atoms with E-state index in [9.17, 15) is 13.2 Å². The normalized spacial score (nSPS) is 11.1. The number of anilines is 2. The van der Waals surface area contributed by atoms with Crippen LogP contribution in [0.25, 0.3) is 0 Å². The summed E-state index contributed by atoms with van der Waals surface area (Å²) < 4.78 is 44.3. The molecular weight excluding hydrogens is 527 g/mol. The lowest BCUT2D eigenvalue weighted by atomic mass is 10.3. The van der Waals surface area contributed by atoms with Gasteiger partial charge in [-0.2, -0.15) is 0 Å². The number of ether oxygens (including phenoxy) is 2. The molecule has 1 aromatic heterocycles. The van der Waals surface area contributed by atoms with Crippen molar-refractivity contribution in [2.45, 2.75) is 11.5 Å². The van der Waals surface area contributed by atoms with E-state index in [4.69, 9.17) is 37.1 Å². The largest absolute Gasteiger partial charge is 0.495 e. The number of carbonyl (C=O) groups is 1. The highest BCUT2D eigenvalue weighted by Gasteiger charge is 2.17. The number of rotatable bonds is 9. The molecule has 0 fully saturated rings. The third kappa shape index (κ3) is 6.12. The van der Waals surface area contributed by atoms with E-state index in [2.05, 4.69) is 10.0 Å². The van der Waals surface area contributed by atoms with Crippen molar-refractivity contribution in [2.75, 3.05) is 17.1 Å². The topological polar surface area (TPSA) is 107 Å². The fraction of sp³-hybridized carbons (Fsp3) is 0.0800. The minimum Gasteiger partial charge on any atom is -0.495 e. The number of benzene rings is 3. The molecular formula is C25H20Cl2N2O6S. The van der Waals surface area contributed by atoms with Gasteiger partial charge in [0.1, 0.15) is 23.9 Å². The Hall–Kier alpha value is -3.66. The Morgan fingerprint density at radius 1 is 0.944 bits per heavy atom. The van der Waals surface area contributed by atoms with Gasteiger partial charge in [-0.25, -0.2) is 8.42 Å². The molecule has 0 radical (unpaired) electrons. The highest BCUT2D eigenvalue weighted by Crippen LogP contribution is 2.29. The minimum absolute atomic E-state index is 0.0171. The molecule has 2 N–H and O–H groups in total. The molecule has 0 aliphatic rings. The second-order valence-electron chi connectivity index (χ2n) is 7.41. The molecule has 36 heavy (non-hydrogen) atoms. The molecule has 0 saturated carbocycles. The Balaban J connectivity index is 1.38. The number of amides is 1. The lowest BCUT2D eigenvalue weighted by Gasteiger charge is -2.12. The average molecular weight is 547 g/mol. The number of halogens is 2. The van der Waals surface area contributed by atoms with Crippen molar-refractivity contribution in [2.24, 2.45) is 0 Å². The van der Waals surface area contributed by atoms with E-state index in [1.54, 1.807) is 48.5 Å². The Labute approximate surface area is 217 Å². The van der Waals surface area contributed by atoms with Crippen LogP contribution in [0.3, 0.4) is 0 Å². The van der Waals surface area contributed by atoms with Gasteiger partial charge in [0.2, 0.25) is 0 Å². The summed E-state index contributed by atoms with van der Waals surface area (Å²) in [5.74, 6) is 0.732. The van der Waals surface area contributed by atoms with Crippen LogP contribution in [0.5, 0.6) is 11.5 Å². The zero-order valence-corrected chi connectivity index (χ0v) is 21.2. The van der Waals surface area contributed by atoms with Gasteiger partial charge in [-0.3, -0.25) is 9.52 Å². The molecule has 4 aromatic rings. The Morgan fingerprint density at radius 3 is 2.44 bits per heavy atom. The van der Waals surface area contributed by atoms with Crippen molar-refractivity contribution in [1.29, 1.82) is 0 Å². The van der Waals surface area contributed by atoms with Gasteiger partial charge in [0.05, 0.1) is 22.7 Å². The number of furan rings is 1. The SMILES string of the molecule is COc1ccccc1NS(=O)(=O)c1ccc(NC(=O)c2ccc(COc3cc(Cl)ccc3Cl)o2)cc1. The fourth-order valence-electron chi connectivity index (χ4n) is 3.16. The van der Waals surface area contributed by atoms with Crippen LogP contribution in [0.2, 0.25) is 10.0 Å². The maximum Gasteiger partial charge on any atom is 0.291 e. The quantitative estimate of drug-likeness (QED) is 0.258. The first kappa shape index (κ1) is 25.4. The standard InChI is InChI=1S/C25H20Cl2N2O6S/c1-33-22-5-3-2-4-21(22)29-36(31,32)19-10-7-17(8-11-19)28-25(30)23-13-9-18(35-23)15-34-24-14-16(26)6-12-20(24)27/h2-14,29H,15H2,1H3,(H,28,30). The molecule has 1 amide bonds. The molecule has 0 bridgehead atoms. The van der Waals surface area contributed by atoms with Gasteiger partial charge >= 0.3 is 0 Å². The summed E-state index contributed by atoms with van der Waals surface area (Å²) in [6.07, 6.45) is 0. The van der Waals surface area contributed by atoms with Crippen molar-refractivity contribution in [3.63, 3.8) is 0 Å². The van der Waals surface area contributed by atoms with Crippen LogP contribution < -0.4 is 19.5 Å². The van der Waals surface area contributed by atoms with Crippen molar-refractivity contribution >= 4 is 50.5 Å². The number of nitrogens with one attached hydrogen (secondary N) is 2. The second-order valence-corrected chi connectivity index (χ2v) is 9.94. The Morgan fingerprint density at radius 2 is 1.69 bits per heavy atom. The van der Waals surface area contributed by atoms with Gasteiger partial charge in [-0.1, -0.05) is 35.3 Å². The van der Waals surface area contributed by atoms with Crippen LogP contribution in [-0.4, -0.2) is 21.4 Å². The van der Waals surface area contributed by atoms with Crippen molar-refractivity contribution in [3.05, 3.63) is 100 Å². The van der Waals surface area contributed by atoms with Crippen molar-refractivity contribution < 1.29 is 27.1 Å². The maximum atomic E-state index is 12.7. The predicted octanol–water partition coefficient (Wildman–Crippen LogP) is 6.23. The third-order valence-corrected chi connectivity index (χ3v) is 6.85. The molecule has 4 rings (SSSR count). The van der Waals surface area contributed by atoms with Gasteiger partial charge in [-0.15, -0.1) is 0 Å². The Bertz CT molecular complexity index is 1490. The Kier molecular flexibility index (Phi) is 7.73. The number of hydrogen-bond acceptors (Lipinski definition) is 6. The lowest BCUT2D eigenvalue weighted by Crippen LogP contribution is -2.14. The van der Waals surface area contributed by atoms with Crippen molar-refractivity contribution in [1.82, 2.24) is 0 Å². The predicted molar refractivity (Wildman–Crippen MR) is 138 cm³/mol. The molecule has 0 atom stereocenters. The lowest BCUT2D eigenvalue weighted by molar-refractivity contribution is 0.0992. The van der Waals surface area contributed by atoms with Gasteiger partial charge in [0.25, 0.3) is 15.9 Å². The monoisotopic (exact) mass is 546 g/mol. The fourth-order valence-corrected chi connectivity index (χ4v) is 4.56. The van der Waals surface area contributed by atoms with Gasteiger partial charge in [0, 0.05) is 16.8 Å². The molecule has 1 heterocycles. The average Bonchev–Trinajstić information content (AvgIpc) is 3.34.